The normalized spacial score (nSPS) is 35.1. The number of nitrogens with one attached hydrogen (secondary N) is 2. The van der Waals surface area contributed by atoms with E-state index in [0.717, 1.165) is 70.2 Å². The number of anilines is 2. The van der Waals surface area contributed by atoms with E-state index >= 15 is 0 Å². The second-order valence-corrected chi connectivity index (χ2v) is 11.4. The van der Waals surface area contributed by atoms with Crippen LogP contribution in [0.2, 0.25) is 0 Å². The molecule has 32 heavy (non-hydrogen) atoms. The van der Waals surface area contributed by atoms with Gasteiger partial charge in [0.25, 0.3) is 11.8 Å². The SMILES string of the molecule is O=C1Nc2ccc(Br)cc2C12C1CCCN1C1(C(=O)Nc3ccc(Br)cc31)C1CCCN12. The molecule has 2 aromatic carbocycles. The molecule has 2 spiro atoms. The molecule has 6 nitrogen and oxygen atoms in total. The average Bonchev–Trinajstić information content (AvgIpc) is 3.53. The number of hydrogen-bond acceptors (Lipinski definition) is 4. The van der Waals surface area contributed by atoms with Crippen LogP contribution in [0, 0.1) is 0 Å². The maximum Gasteiger partial charge on any atom is 0.251 e. The first-order valence-corrected chi connectivity index (χ1v) is 12.8. The molecule has 4 atom stereocenters. The highest BCUT2D eigenvalue weighted by molar-refractivity contribution is 9.10. The number of rotatable bonds is 0. The summed E-state index contributed by atoms with van der Waals surface area (Å²) < 4.78 is 1.95. The molecule has 0 bridgehead atoms. The Labute approximate surface area is 203 Å². The Morgan fingerprint density at radius 2 is 1.19 bits per heavy atom. The minimum Gasteiger partial charge on any atom is -0.324 e. The Hall–Kier alpha value is -1.74. The average molecular weight is 558 g/mol. The number of carbonyl (C=O) groups excluding carboxylic acids is 2. The number of piperazine rings is 1. The van der Waals surface area contributed by atoms with Gasteiger partial charge in [0.15, 0.2) is 0 Å². The topological polar surface area (TPSA) is 64.7 Å². The standard InChI is InChI=1S/C24H22Br2N4O2/c25-13-5-7-17-15(11-13)23(21(31)27-17)19-3-1-9-29(19)24(20-4-2-10-30(20)23)16-12-14(26)6-8-18(16)28-22(24)32/h5-8,11-12,19-20H,1-4,9-10H2,(H,27,31)(H,28,32). The van der Waals surface area contributed by atoms with Gasteiger partial charge in [0.2, 0.25) is 0 Å². The van der Waals surface area contributed by atoms with Crippen molar-refractivity contribution < 1.29 is 9.59 Å². The summed E-state index contributed by atoms with van der Waals surface area (Å²) in [5.41, 5.74) is 2.34. The van der Waals surface area contributed by atoms with Crippen LogP contribution in [0.4, 0.5) is 11.4 Å². The molecule has 7 rings (SSSR count). The lowest BCUT2D eigenvalue weighted by Crippen LogP contribution is -2.77. The number of hydrogen-bond donors (Lipinski definition) is 2. The van der Waals surface area contributed by atoms with Crippen LogP contribution in [-0.2, 0) is 20.7 Å². The van der Waals surface area contributed by atoms with Gasteiger partial charge in [-0.1, -0.05) is 31.9 Å². The summed E-state index contributed by atoms with van der Waals surface area (Å²) in [6.45, 7) is 1.62. The number of halogens is 2. The van der Waals surface area contributed by atoms with E-state index in [1.807, 2.05) is 24.3 Å². The first-order valence-electron chi connectivity index (χ1n) is 11.3. The van der Waals surface area contributed by atoms with Gasteiger partial charge in [-0.25, -0.2) is 0 Å². The van der Waals surface area contributed by atoms with E-state index in [4.69, 9.17) is 0 Å². The fraction of sp³-hybridized carbons (Fsp3) is 0.417. The molecule has 0 radical (unpaired) electrons. The Bertz CT molecular complexity index is 1100. The summed E-state index contributed by atoms with van der Waals surface area (Å²) in [4.78, 5) is 32.6. The molecule has 3 fully saturated rings. The van der Waals surface area contributed by atoms with Crippen LogP contribution in [0.25, 0.3) is 0 Å². The highest BCUT2D eigenvalue weighted by Gasteiger charge is 2.73. The molecular weight excluding hydrogens is 536 g/mol. The zero-order chi connectivity index (χ0) is 21.8. The molecule has 8 heteroatoms. The van der Waals surface area contributed by atoms with Crippen molar-refractivity contribution in [2.24, 2.45) is 0 Å². The maximum atomic E-state index is 13.9. The van der Waals surface area contributed by atoms with Crippen LogP contribution in [0.1, 0.15) is 36.8 Å². The molecule has 2 amide bonds. The Morgan fingerprint density at radius 1 is 0.750 bits per heavy atom. The lowest BCUT2D eigenvalue weighted by Gasteiger charge is -2.60. The molecule has 5 heterocycles. The third-order valence-electron chi connectivity index (χ3n) is 8.35. The van der Waals surface area contributed by atoms with Crippen LogP contribution in [0.15, 0.2) is 45.3 Å². The van der Waals surface area contributed by atoms with Crippen molar-refractivity contribution in [2.45, 2.75) is 48.8 Å². The molecule has 0 aliphatic carbocycles. The van der Waals surface area contributed by atoms with E-state index in [0.29, 0.717) is 0 Å². The van der Waals surface area contributed by atoms with Crippen molar-refractivity contribution in [3.63, 3.8) is 0 Å². The van der Waals surface area contributed by atoms with Gasteiger partial charge in [-0.15, -0.1) is 0 Å². The number of nitrogens with zero attached hydrogens (tertiary/aromatic N) is 2. The van der Waals surface area contributed by atoms with Gasteiger partial charge in [0.05, 0.1) is 0 Å². The van der Waals surface area contributed by atoms with Gasteiger partial charge < -0.3 is 10.6 Å². The Balaban J connectivity index is 1.52. The van der Waals surface area contributed by atoms with Gasteiger partial charge in [-0.3, -0.25) is 19.4 Å². The monoisotopic (exact) mass is 556 g/mol. The largest absolute Gasteiger partial charge is 0.324 e. The molecule has 5 aliphatic rings. The second-order valence-electron chi connectivity index (χ2n) is 9.52. The molecule has 2 N–H and O–H groups in total. The van der Waals surface area contributed by atoms with Crippen molar-refractivity contribution in [3.8, 4) is 0 Å². The van der Waals surface area contributed by atoms with Crippen LogP contribution < -0.4 is 10.6 Å². The molecule has 3 saturated heterocycles. The second kappa shape index (κ2) is 6.44. The van der Waals surface area contributed by atoms with Crippen molar-refractivity contribution in [1.82, 2.24) is 9.80 Å². The zero-order valence-corrected chi connectivity index (χ0v) is 20.5. The lowest BCUT2D eigenvalue weighted by atomic mass is 9.70. The van der Waals surface area contributed by atoms with E-state index in [1.54, 1.807) is 0 Å². The smallest absolute Gasteiger partial charge is 0.251 e. The highest BCUT2D eigenvalue weighted by atomic mass is 79.9. The van der Waals surface area contributed by atoms with Crippen molar-refractivity contribution >= 4 is 55.0 Å². The molecule has 4 unspecified atom stereocenters. The number of amides is 2. The highest BCUT2D eigenvalue weighted by Crippen LogP contribution is 2.61. The van der Waals surface area contributed by atoms with E-state index < -0.39 is 11.1 Å². The lowest BCUT2D eigenvalue weighted by molar-refractivity contribution is -0.169. The molecular formula is C24H22Br2N4O2. The van der Waals surface area contributed by atoms with Crippen LogP contribution in [0.3, 0.4) is 0 Å². The fourth-order valence-electron chi connectivity index (χ4n) is 7.42. The van der Waals surface area contributed by atoms with Gasteiger partial charge in [0, 0.05) is 56.6 Å². The van der Waals surface area contributed by atoms with Gasteiger partial charge in [-0.05, 0) is 62.1 Å². The van der Waals surface area contributed by atoms with Crippen molar-refractivity contribution in [3.05, 3.63) is 56.5 Å². The zero-order valence-electron chi connectivity index (χ0n) is 17.3. The number of carbonyl (C=O) groups is 2. The van der Waals surface area contributed by atoms with Crippen LogP contribution >= 0.6 is 31.9 Å². The third-order valence-corrected chi connectivity index (χ3v) is 9.34. The predicted octanol–water partition coefficient (Wildman–Crippen LogP) is 4.15. The number of fused-ring (bicyclic) bond motifs is 10. The Morgan fingerprint density at radius 3 is 1.62 bits per heavy atom. The Kier molecular flexibility index (Phi) is 3.96. The van der Waals surface area contributed by atoms with E-state index in [9.17, 15) is 9.59 Å². The summed E-state index contributed by atoms with van der Waals surface area (Å²) >= 11 is 7.28. The van der Waals surface area contributed by atoms with Gasteiger partial charge >= 0.3 is 0 Å². The molecule has 164 valence electrons. The summed E-state index contributed by atoms with van der Waals surface area (Å²) in [5, 5.41) is 6.39. The van der Waals surface area contributed by atoms with E-state index in [2.05, 4.69) is 64.4 Å². The molecule has 5 aliphatic heterocycles. The third kappa shape index (κ3) is 2.09. The summed E-state index contributed by atoms with van der Waals surface area (Å²) in [6.07, 6.45) is 3.73. The van der Waals surface area contributed by atoms with Crippen LogP contribution in [-0.4, -0.2) is 46.8 Å². The minimum absolute atomic E-state index is 0.0529. The maximum absolute atomic E-state index is 13.9. The summed E-state index contributed by atoms with van der Waals surface area (Å²) in [6, 6.07) is 12.0. The van der Waals surface area contributed by atoms with E-state index in [-0.39, 0.29) is 23.9 Å². The quantitative estimate of drug-likeness (QED) is 0.511. The minimum atomic E-state index is -0.767. The van der Waals surface area contributed by atoms with Crippen molar-refractivity contribution in [2.75, 3.05) is 23.7 Å². The predicted molar refractivity (Wildman–Crippen MR) is 128 cm³/mol. The molecule has 0 saturated carbocycles. The first kappa shape index (κ1) is 19.7. The molecule has 2 aromatic rings. The number of benzene rings is 2. The van der Waals surface area contributed by atoms with Gasteiger partial charge in [-0.2, -0.15) is 0 Å². The van der Waals surface area contributed by atoms with Crippen molar-refractivity contribution in [1.29, 1.82) is 0 Å². The summed E-state index contributed by atoms with van der Waals surface area (Å²) in [7, 11) is 0. The van der Waals surface area contributed by atoms with E-state index in [1.165, 1.54) is 0 Å². The van der Waals surface area contributed by atoms with Crippen LogP contribution in [0.5, 0.6) is 0 Å². The summed E-state index contributed by atoms with van der Waals surface area (Å²) in [5.74, 6) is 0.106. The fourth-order valence-corrected chi connectivity index (χ4v) is 8.14. The van der Waals surface area contributed by atoms with Gasteiger partial charge in [0.1, 0.15) is 11.1 Å². The first-order chi connectivity index (χ1) is 15.5. The molecule has 0 aromatic heterocycles.